The summed E-state index contributed by atoms with van der Waals surface area (Å²) in [5.41, 5.74) is 0. The van der Waals surface area contributed by atoms with Crippen molar-refractivity contribution in [3.63, 3.8) is 0 Å². The van der Waals surface area contributed by atoms with Gasteiger partial charge >= 0.3 is 0 Å². The van der Waals surface area contributed by atoms with Gasteiger partial charge in [0, 0.05) is 26.7 Å². The standard InChI is InChI=1S/C15H22N2O4/c1-20-11-15(19)16-13-9-17(10-14(13)18)7-8-21-12-5-3-2-4-6-12/h2-6,13-14,18H,7-11H2,1H3,(H,16,19)/t13-,14-/m1/s1. The van der Waals surface area contributed by atoms with E-state index in [9.17, 15) is 9.90 Å². The summed E-state index contributed by atoms with van der Waals surface area (Å²) in [5, 5.41) is 12.7. The molecule has 2 atom stereocenters. The van der Waals surface area contributed by atoms with E-state index in [2.05, 4.69) is 10.2 Å². The number of para-hydroxylation sites is 1. The Kier molecular flexibility index (Phi) is 5.98. The molecule has 1 aromatic carbocycles. The molecule has 1 saturated heterocycles. The summed E-state index contributed by atoms with van der Waals surface area (Å²) < 4.78 is 10.4. The minimum absolute atomic E-state index is 0.0142. The smallest absolute Gasteiger partial charge is 0.246 e. The zero-order valence-corrected chi connectivity index (χ0v) is 12.2. The maximum Gasteiger partial charge on any atom is 0.246 e. The Morgan fingerprint density at radius 3 is 2.86 bits per heavy atom. The molecule has 0 bridgehead atoms. The maximum absolute atomic E-state index is 11.5. The first-order valence-corrected chi connectivity index (χ1v) is 7.05. The number of aliphatic hydroxyl groups is 1. The molecule has 1 amide bonds. The molecular formula is C15H22N2O4. The van der Waals surface area contributed by atoms with Gasteiger partial charge in [-0.25, -0.2) is 0 Å². The zero-order valence-electron chi connectivity index (χ0n) is 12.2. The van der Waals surface area contributed by atoms with Crippen molar-refractivity contribution in [1.82, 2.24) is 10.2 Å². The summed E-state index contributed by atoms with van der Waals surface area (Å²) >= 11 is 0. The number of carbonyl (C=O) groups is 1. The Balaban J connectivity index is 1.70. The van der Waals surface area contributed by atoms with Crippen LogP contribution in [0.2, 0.25) is 0 Å². The molecule has 1 aliphatic rings. The minimum atomic E-state index is -0.553. The minimum Gasteiger partial charge on any atom is -0.492 e. The maximum atomic E-state index is 11.5. The van der Waals surface area contributed by atoms with Gasteiger partial charge in [-0.15, -0.1) is 0 Å². The van der Waals surface area contributed by atoms with E-state index in [-0.39, 0.29) is 18.6 Å². The van der Waals surface area contributed by atoms with E-state index in [1.54, 1.807) is 0 Å². The number of methoxy groups -OCH3 is 1. The molecular weight excluding hydrogens is 272 g/mol. The molecule has 116 valence electrons. The van der Waals surface area contributed by atoms with Crippen LogP contribution in [0.25, 0.3) is 0 Å². The van der Waals surface area contributed by atoms with E-state index >= 15 is 0 Å². The lowest BCUT2D eigenvalue weighted by Crippen LogP contribution is -2.44. The lowest BCUT2D eigenvalue weighted by molar-refractivity contribution is -0.125. The van der Waals surface area contributed by atoms with Crippen LogP contribution in [-0.4, -0.2) is 68.0 Å². The van der Waals surface area contributed by atoms with E-state index < -0.39 is 6.10 Å². The molecule has 6 heteroatoms. The number of hydrogen-bond acceptors (Lipinski definition) is 5. The first-order chi connectivity index (χ1) is 10.2. The van der Waals surface area contributed by atoms with Crippen molar-refractivity contribution in [2.24, 2.45) is 0 Å². The number of ether oxygens (including phenoxy) is 2. The van der Waals surface area contributed by atoms with Crippen molar-refractivity contribution in [1.29, 1.82) is 0 Å². The molecule has 1 fully saturated rings. The number of likely N-dealkylation sites (tertiary alicyclic amines) is 1. The van der Waals surface area contributed by atoms with Crippen molar-refractivity contribution >= 4 is 5.91 Å². The van der Waals surface area contributed by atoms with Gasteiger partial charge in [0.05, 0.1) is 12.1 Å². The van der Waals surface area contributed by atoms with E-state index in [1.165, 1.54) is 7.11 Å². The van der Waals surface area contributed by atoms with Crippen LogP contribution in [0.3, 0.4) is 0 Å². The van der Waals surface area contributed by atoms with E-state index in [1.807, 2.05) is 30.3 Å². The monoisotopic (exact) mass is 294 g/mol. The predicted octanol–water partition coefficient (Wildman–Crippen LogP) is -0.127. The first kappa shape index (κ1) is 15.8. The van der Waals surface area contributed by atoms with Crippen molar-refractivity contribution in [2.45, 2.75) is 12.1 Å². The number of carbonyl (C=O) groups excluding carboxylic acids is 1. The molecule has 6 nitrogen and oxygen atoms in total. The van der Waals surface area contributed by atoms with Crippen LogP contribution in [0, 0.1) is 0 Å². The largest absolute Gasteiger partial charge is 0.492 e. The third kappa shape index (κ3) is 5.00. The highest BCUT2D eigenvalue weighted by Gasteiger charge is 2.31. The number of benzene rings is 1. The molecule has 1 heterocycles. The van der Waals surface area contributed by atoms with Crippen LogP contribution in [0.5, 0.6) is 5.75 Å². The summed E-state index contributed by atoms with van der Waals surface area (Å²) in [7, 11) is 1.47. The molecule has 1 aliphatic heterocycles. The molecule has 0 radical (unpaired) electrons. The average Bonchev–Trinajstić information content (AvgIpc) is 2.80. The van der Waals surface area contributed by atoms with Gasteiger partial charge in [-0.2, -0.15) is 0 Å². The van der Waals surface area contributed by atoms with Crippen LogP contribution in [-0.2, 0) is 9.53 Å². The Morgan fingerprint density at radius 2 is 2.14 bits per heavy atom. The second kappa shape index (κ2) is 7.97. The normalized spacial score (nSPS) is 22.2. The number of amides is 1. The summed E-state index contributed by atoms with van der Waals surface area (Å²) in [6, 6.07) is 9.37. The zero-order chi connectivity index (χ0) is 15.1. The number of aliphatic hydroxyl groups excluding tert-OH is 1. The highest BCUT2D eigenvalue weighted by molar-refractivity contribution is 5.77. The number of β-amino-alcohol motifs (C(OH)–C–C–N with tert-alkyl or cyclic N) is 1. The predicted molar refractivity (Wildman–Crippen MR) is 78.2 cm³/mol. The van der Waals surface area contributed by atoms with Gasteiger partial charge in [-0.05, 0) is 12.1 Å². The molecule has 2 N–H and O–H groups in total. The summed E-state index contributed by atoms with van der Waals surface area (Å²) in [5.74, 6) is 0.631. The topological polar surface area (TPSA) is 71.0 Å². The molecule has 0 aliphatic carbocycles. The Hall–Kier alpha value is -1.63. The second-order valence-electron chi connectivity index (χ2n) is 5.10. The van der Waals surface area contributed by atoms with Gasteiger partial charge in [0.15, 0.2) is 0 Å². The Morgan fingerprint density at radius 1 is 1.38 bits per heavy atom. The molecule has 0 unspecified atom stereocenters. The quantitative estimate of drug-likeness (QED) is 0.733. The molecule has 1 aromatic rings. The number of nitrogens with zero attached hydrogens (tertiary/aromatic N) is 1. The van der Waals surface area contributed by atoms with Gasteiger partial charge in [0.1, 0.15) is 19.0 Å². The SMILES string of the molecule is COCC(=O)N[C@@H]1CN(CCOc2ccccc2)C[C@H]1O. The molecule has 21 heavy (non-hydrogen) atoms. The first-order valence-electron chi connectivity index (χ1n) is 7.05. The number of hydrogen-bond donors (Lipinski definition) is 2. The molecule has 0 spiro atoms. The van der Waals surface area contributed by atoms with Gasteiger partial charge < -0.3 is 19.9 Å². The fraction of sp³-hybridized carbons (Fsp3) is 0.533. The number of nitrogens with one attached hydrogen (secondary N) is 1. The van der Waals surface area contributed by atoms with E-state index in [0.717, 1.165) is 5.75 Å². The average molecular weight is 294 g/mol. The van der Waals surface area contributed by atoms with E-state index in [4.69, 9.17) is 9.47 Å². The Bertz CT molecular complexity index is 441. The van der Waals surface area contributed by atoms with Crippen LogP contribution in [0.4, 0.5) is 0 Å². The van der Waals surface area contributed by atoms with Gasteiger partial charge in [-0.3, -0.25) is 9.69 Å². The third-order valence-corrected chi connectivity index (χ3v) is 3.41. The lowest BCUT2D eigenvalue weighted by Gasteiger charge is -2.16. The lowest BCUT2D eigenvalue weighted by atomic mass is 10.2. The van der Waals surface area contributed by atoms with Crippen molar-refractivity contribution in [3.05, 3.63) is 30.3 Å². The fourth-order valence-corrected chi connectivity index (χ4v) is 2.38. The van der Waals surface area contributed by atoms with Crippen LogP contribution < -0.4 is 10.1 Å². The van der Waals surface area contributed by atoms with Crippen molar-refractivity contribution < 1.29 is 19.4 Å². The Labute approximate surface area is 124 Å². The summed E-state index contributed by atoms with van der Waals surface area (Å²) in [4.78, 5) is 13.5. The summed E-state index contributed by atoms with van der Waals surface area (Å²) in [6.07, 6.45) is -0.553. The van der Waals surface area contributed by atoms with Gasteiger partial charge in [0.2, 0.25) is 5.91 Å². The van der Waals surface area contributed by atoms with Crippen LogP contribution >= 0.6 is 0 Å². The van der Waals surface area contributed by atoms with Crippen molar-refractivity contribution in [2.75, 3.05) is 40.0 Å². The highest BCUT2D eigenvalue weighted by atomic mass is 16.5. The molecule has 0 aromatic heterocycles. The number of rotatable bonds is 7. The van der Waals surface area contributed by atoms with Gasteiger partial charge in [0.25, 0.3) is 0 Å². The molecule has 0 saturated carbocycles. The second-order valence-corrected chi connectivity index (χ2v) is 5.10. The van der Waals surface area contributed by atoms with E-state index in [0.29, 0.717) is 26.2 Å². The van der Waals surface area contributed by atoms with Crippen LogP contribution in [0.1, 0.15) is 0 Å². The van der Waals surface area contributed by atoms with Crippen molar-refractivity contribution in [3.8, 4) is 5.75 Å². The highest BCUT2D eigenvalue weighted by Crippen LogP contribution is 2.11. The molecule has 2 rings (SSSR count). The van der Waals surface area contributed by atoms with Gasteiger partial charge in [-0.1, -0.05) is 18.2 Å². The summed E-state index contributed by atoms with van der Waals surface area (Å²) in [6.45, 7) is 2.43. The fourth-order valence-electron chi connectivity index (χ4n) is 2.38. The third-order valence-electron chi connectivity index (χ3n) is 3.41. The van der Waals surface area contributed by atoms with Crippen LogP contribution in [0.15, 0.2) is 30.3 Å².